The Bertz CT molecular complexity index is 1250. The summed E-state index contributed by atoms with van der Waals surface area (Å²) in [7, 11) is 0. The minimum atomic E-state index is -0.733. The van der Waals surface area contributed by atoms with Crippen molar-refractivity contribution in [1.29, 1.82) is 5.26 Å². The van der Waals surface area contributed by atoms with Gasteiger partial charge < -0.3 is 20.3 Å². The van der Waals surface area contributed by atoms with Gasteiger partial charge in [0.2, 0.25) is 11.9 Å². The number of likely N-dealkylation sites (tertiary alicyclic amines) is 1. The summed E-state index contributed by atoms with van der Waals surface area (Å²) in [5.74, 6) is 0.718. The Morgan fingerprint density at radius 2 is 1.67 bits per heavy atom. The van der Waals surface area contributed by atoms with Crippen LogP contribution in [0.5, 0.6) is 11.5 Å². The molecule has 3 aromatic rings. The molecule has 1 atom stereocenters. The molecular weight excluding hydrogens is 495 g/mol. The number of nitriles is 1. The van der Waals surface area contributed by atoms with Crippen LogP contribution in [-0.2, 0) is 11.2 Å². The van der Waals surface area contributed by atoms with E-state index >= 15 is 0 Å². The molecule has 39 heavy (non-hydrogen) atoms. The van der Waals surface area contributed by atoms with Crippen LogP contribution in [0.4, 0.5) is 10.1 Å². The van der Waals surface area contributed by atoms with Crippen molar-refractivity contribution >= 4 is 17.6 Å². The molecule has 0 spiro atoms. The van der Waals surface area contributed by atoms with Crippen LogP contribution >= 0.6 is 0 Å². The van der Waals surface area contributed by atoms with Gasteiger partial charge in [0.05, 0.1) is 0 Å². The van der Waals surface area contributed by atoms with E-state index < -0.39 is 6.04 Å². The Morgan fingerprint density at radius 1 is 1.00 bits per heavy atom. The van der Waals surface area contributed by atoms with E-state index in [9.17, 15) is 14.4 Å². The van der Waals surface area contributed by atoms with Crippen molar-refractivity contribution in [2.75, 3.05) is 31.5 Å². The summed E-state index contributed by atoms with van der Waals surface area (Å²) in [6, 6.07) is 21.7. The molecule has 3 N–H and O–H groups in total. The number of ether oxygens (including phenoxy) is 1. The van der Waals surface area contributed by atoms with Crippen LogP contribution in [-0.4, -0.2) is 49.0 Å². The Hall–Kier alpha value is -4.42. The second-order valence-corrected chi connectivity index (χ2v) is 9.32. The van der Waals surface area contributed by atoms with Gasteiger partial charge in [0.25, 0.3) is 0 Å². The zero-order valence-electron chi connectivity index (χ0n) is 21.8. The largest absolute Gasteiger partial charge is 0.457 e. The number of nitrogens with zero attached hydrogens (tertiary/aromatic N) is 3. The fourth-order valence-corrected chi connectivity index (χ4v) is 4.36. The van der Waals surface area contributed by atoms with E-state index in [1.807, 2.05) is 36.5 Å². The van der Waals surface area contributed by atoms with Gasteiger partial charge in [0.1, 0.15) is 23.4 Å². The molecule has 1 saturated heterocycles. The molecule has 1 aliphatic rings. The lowest BCUT2D eigenvalue weighted by Gasteiger charge is -2.17. The Morgan fingerprint density at radius 3 is 2.33 bits per heavy atom. The zero-order valence-corrected chi connectivity index (χ0v) is 21.8. The summed E-state index contributed by atoms with van der Waals surface area (Å²) in [6.07, 6.45) is 5.64. The molecule has 4 rings (SSSR count). The molecule has 0 saturated carbocycles. The van der Waals surface area contributed by atoms with E-state index in [2.05, 4.69) is 25.8 Å². The van der Waals surface area contributed by atoms with E-state index in [0.29, 0.717) is 30.2 Å². The lowest BCUT2D eigenvalue weighted by atomic mass is 10.1. The lowest BCUT2D eigenvalue weighted by molar-refractivity contribution is -0.122. The molecule has 0 radical (unpaired) electrons. The van der Waals surface area contributed by atoms with Crippen molar-refractivity contribution < 1.29 is 13.9 Å². The van der Waals surface area contributed by atoms with Crippen LogP contribution in [0.25, 0.3) is 0 Å². The second kappa shape index (κ2) is 14.5. The van der Waals surface area contributed by atoms with Crippen molar-refractivity contribution in [3.8, 4) is 17.7 Å². The molecule has 1 amide bonds. The molecule has 1 aliphatic heterocycles. The van der Waals surface area contributed by atoms with Crippen molar-refractivity contribution in [1.82, 2.24) is 15.5 Å². The number of hydrogen-bond acceptors (Lipinski definition) is 5. The van der Waals surface area contributed by atoms with Crippen LogP contribution in [0.3, 0.4) is 0 Å². The number of anilines is 1. The number of guanidine groups is 1. The van der Waals surface area contributed by atoms with Gasteiger partial charge in [-0.2, -0.15) is 5.26 Å². The number of carbonyl (C=O) groups excluding carboxylic acids is 1. The molecule has 0 aromatic heterocycles. The van der Waals surface area contributed by atoms with Gasteiger partial charge in [0, 0.05) is 18.7 Å². The fourth-order valence-electron chi connectivity index (χ4n) is 4.36. The molecule has 8 nitrogen and oxygen atoms in total. The average Bonchev–Trinajstić information content (AvgIpc) is 3.47. The molecule has 1 unspecified atom stereocenters. The lowest BCUT2D eigenvalue weighted by Crippen LogP contribution is -2.39. The summed E-state index contributed by atoms with van der Waals surface area (Å²) in [5, 5.41) is 18.0. The summed E-state index contributed by atoms with van der Waals surface area (Å²) in [5.41, 5.74) is 1.62. The van der Waals surface area contributed by atoms with Gasteiger partial charge >= 0.3 is 0 Å². The van der Waals surface area contributed by atoms with Crippen molar-refractivity contribution in [2.24, 2.45) is 4.99 Å². The van der Waals surface area contributed by atoms with Gasteiger partial charge in [-0.1, -0.05) is 30.3 Å². The maximum absolute atomic E-state index is 13.2. The highest BCUT2D eigenvalue weighted by Crippen LogP contribution is 2.23. The van der Waals surface area contributed by atoms with Crippen molar-refractivity contribution in [3.05, 3.63) is 90.2 Å². The summed E-state index contributed by atoms with van der Waals surface area (Å²) >= 11 is 0. The first-order valence-electron chi connectivity index (χ1n) is 13.2. The monoisotopic (exact) mass is 528 g/mol. The predicted octanol–water partition coefficient (Wildman–Crippen LogP) is 4.67. The van der Waals surface area contributed by atoms with Crippen LogP contribution in [0.15, 0.2) is 83.9 Å². The smallest absolute Gasteiger partial charge is 0.245 e. The van der Waals surface area contributed by atoms with E-state index in [4.69, 9.17) is 4.74 Å². The van der Waals surface area contributed by atoms with Gasteiger partial charge in [0.15, 0.2) is 6.19 Å². The molecular formula is C30H33FN6O2. The number of carbonyl (C=O) groups is 1. The third kappa shape index (κ3) is 9.13. The first-order valence-corrected chi connectivity index (χ1v) is 13.2. The van der Waals surface area contributed by atoms with Crippen molar-refractivity contribution in [3.63, 3.8) is 0 Å². The molecule has 0 bridgehead atoms. The zero-order chi connectivity index (χ0) is 27.3. The normalized spacial score (nSPS) is 14.3. The first-order chi connectivity index (χ1) is 19.1. The van der Waals surface area contributed by atoms with Crippen LogP contribution < -0.4 is 20.7 Å². The molecule has 1 fully saturated rings. The van der Waals surface area contributed by atoms with Gasteiger partial charge in [-0.25, -0.2) is 9.38 Å². The van der Waals surface area contributed by atoms with Gasteiger partial charge in [-0.05, 0) is 93.0 Å². The Kier molecular flexibility index (Phi) is 10.3. The number of amides is 1. The van der Waals surface area contributed by atoms with Crippen molar-refractivity contribution in [2.45, 2.75) is 31.7 Å². The van der Waals surface area contributed by atoms with Crippen LogP contribution in [0, 0.1) is 17.3 Å². The SMILES string of the molecule is N#CNC(=NC(Cc1ccccc1)C(=O)NCCCN1CCCC1)Nc1ccc(Oc2ccc(F)cc2)cc1. The number of rotatable bonds is 11. The molecule has 3 aromatic carbocycles. The third-order valence-corrected chi connectivity index (χ3v) is 6.35. The third-order valence-electron chi connectivity index (χ3n) is 6.35. The Labute approximate surface area is 228 Å². The number of hydrogen-bond donors (Lipinski definition) is 3. The number of aliphatic imine (C=N–C) groups is 1. The van der Waals surface area contributed by atoms with Gasteiger partial charge in [-0.3, -0.25) is 10.1 Å². The highest BCUT2D eigenvalue weighted by molar-refractivity contribution is 5.96. The maximum Gasteiger partial charge on any atom is 0.245 e. The molecule has 0 aliphatic carbocycles. The quantitative estimate of drug-likeness (QED) is 0.110. The minimum absolute atomic E-state index is 0.165. The molecule has 202 valence electrons. The summed E-state index contributed by atoms with van der Waals surface area (Å²) < 4.78 is 18.9. The molecule has 9 heteroatoms. The minimum Gasteiger partial charge on any atom is -0.457 e. The second-order valence-electron chi connectivity index (χ2n) is 9.32. The number of benzene rings is 3. The highest BCUT2D eigenvalue weighted by atomic mass is 19.1. The topological polar surface area (TPSA) is 102 Å². The standard InChI is InChI=1S/C30H33FN6O2/c31-24-9-13-26(14-10-24)39-27-15-11-25(12-16-27)35-30(34-22-32)36-28(21-23-7-2-1-3-8-23)29(38)33-17-6-20-37-18-4-5-19-37/h1-3,7-16,28H,4-6,17-21H2,(H,33,38)(H2,34,35,36). The average molecular weight is 529 g/mol. The van der Waals surface area contributed by atoms with E-state index in [1.54, 1.807) is 36.4 Å². The molecule has 1 heterocycles. The summed E-state index contributed by atoms with van der Waals surface area (Å²) in [4.78, 5) is 20.2. The summed E-state index contributed by atoms with van der Waals surface area (Å²) in [6.45, 7) is 3.79. The van der Waals surface area contributed by atoms with E-state index in [1.165, 1.54) is 25.0 Å². The van der Waals surface area contributed by atoms with E-state index in [0.717, 1.165) is 31.6 Å². The number of halogens is 1. The predicted molar refractivity (Wildman–Crippen MR) is 150 cm³/mol. The first kappa shape index (κ1) is 27.6. The van der Waals surface area contributed by atoms with Crippen LogP contribution in [0.2, 0.25) is 0 Å². The van der Waals surface area contributed by atoms with Gasteiger partial charge in [-0.15, -0.1) is 0 Å². The van der Waals surface area contributed by atoms with E-state index in [-0.39, 0.29) is 17.7 Å². The van der Waals surface area contributed by atoms with Crippen LogP contribution in [0.1, 0.15) is 24.8 Å². The maximum atomic E-state index is 13.2. The Balaban J connectivity index is 1.41. The fraction of sp³-hybridized carbons (Fsp3) is 0.300. The highest BCUT2D eigenvalue weighted by Gasteiger charge is 2.20. The number of nitrogens with one attached hydrogen (secondary N) is 3.